The van der Waals surface area contributed by atoms with E-state index in [1.807, 2.05) is 47.4 Å². The van der Waals surface area contributed by atoms with Gasteiger partial charge in [-0.05, 0) is 143 Å². The van der Waals surface area contributed by atoms with Crippen LogP contribution in [0.1, 0.15) is 120 Å². The minimum absolute atomic E-state index is 0.00437. The molecule has 26 nitrogen and oxygen atoms in total. The van der Waals surface area contributed by atoms with Gasteiger partial charge < -0.3 is 89.1 Å². The average Bonchev–Trinajstić information content (AvgIpc) is 1.55. The number of carbonyl (C=O) groups is 7. The molecule has 5 N–H and O–H groups in total. The molecule has 121 heavy (non-hydrogen) atoms. The Hall–Kier alpha value is -7.29. The fourth-order valence-electron chi connectivity index (χ4n) is 17.3. The molecule has 2 saturated heterocycles. The lowest BCUT2D eigenvalue weighted by Crippen LogP contribution is -2.47. The normalized spacial score (nSPS) is 20.1. The van der Waals surface area contributed by atoms with Crippen molar-refractivity contribution in [3.8, 4) is 0 Å². The van der Waals surface area contributed by atoms with Gasteiger partial charge in [0.1, 0.15) is 0 Å². The van der Waals surface area contributed by atoms with E-state index in [0.29, 0.717) is 145 Å². The first kappa shape index (κ1) is 91.4. The first-order valence-corrected chi connectivity index (χ1v) is 44.2. The van der Waals surface area contributed by atoms with Gasteiger partial charge in [-0.1, -0.05) is 118 Å². The van der Waals surface area contributed by atoms with Crippen molar-refractivity contribution in [1.82, 2.24) is 60.9 Å². The van der Waals surface area contributed by atoms with E-state index in [1.54, 1.807) is 34.1 Å². The maximum Gasteiger partial charge on any atom is 0.315 e. The summed E-state index contributed by atoms with van der Waals surface area (Å²) < 4.78 is 40.7. The number of likely N-dealkylation sites (N-methyl/N-ethyl adjacent to an activating group) is 3. The predicted octanol–water partition coefficient (Wildman–Crippen LogP) is 10.1. The molecule has 2 fully saturated rings. The number of nitrogens with one attached hydrogen (secondary N) is 5. The van der Waals surface area contributed by atoms with Crippen LogP contribution in [0.3, 0.4) is 0 Å². The van der Waals surface area contributed by atoms with E-state index in [2.05, 4.69) is 97.7 Å². The molecule has 5 aromatic rings. The van der Waals surface area contributed by atoms with Crippen molar-refractivity contribution in [2.24, 2.45) is 11.8 Å². The number of nitrogens with zero attached hydrogens (tertiary/aromatic N) is 7. The molecule has 5 aromatic carbocycles. The van der Waals surface area contributed by atoms with Gasteiger partial charge in [-0.15, -0.1) is 0 Å². The van der Waals surface area contributed by atoms with Crippen molar-refractivity contribution in [2.75, 3.05) is 205 Å². The zero-order valence-electron chi connectivity index (χ0n) is 69.0. The van der Waals surface area contributed by atoms with E-state index in [0.717, 1.165) is 100 Å². The Morgan fingerprint density at radius 3 is 1.45 bits per heavy atom. The molecule has 6 unspecified atom stereocenters. The highest BCUT2D eigenvalue weighted by Crippen LogP contribution is 2.45. The van der Waals surface area contributed by atoms with Gasteiger partial charge in [0.15, 0.2) is 0 Å². The minimum atomic E-state index is -0.866. The van der Waals surface area contributed by atoms with Gasteiger partial charge in [-0.3, -0.25) is 33.7 Å². The Kier molecular flexibility index (Phi) is 33.6. The maximum atomic E-state index is 14.0. The number of morpholine rings is 1. The Balaban J connectivity index is 0.555. The summed E-state index contributed by atoms with van der Waals surface area (Å²) >= 11 is 39.4. The molecular formula is C89H110Cl6N12O14. The number of urea groups is 1. The molecule has 6 atom stereocenters. The van der Waals surface area contributed by atoms with E-state index in [4.69, 9.17) is 103 Å². The van der Waals surface area contributed by atoms with Gasteiger partial charge in [0.25, 0.3) is 11.8 Å². The Morgan fingerprint density at radius 2 is 0.950 bits per heavy atom. The predicted molar refractivity (Wildman–Crippen MR) is 466 cm³/mol. The van der Waals surface area contributed by atoms with Crippen LogP contribution in [0.5, 0.6) is 0 Å². The Bertz CT molecular complexity index is 4630. The van der Waals surface area contributed by atoms with Crippen LogP contribution in [-0.4, -0.2) is 287 Å². The first-order valence-electron chi connectivity index (χ1n) is 41.9. The van der Waals surface area contributed by atoms with E-state index in [1.165, 1.54) is 0 Å². The smallest absolute Gasteiger partial charge is 0.315 e. The molecule has 7 aliphatic heterocycles. The Morgan fingerprint density at radius 1 is 0.496 bits per heavy atom. The van der Waals surface area contributed by atoms with Crippen LogP contribution >= 0.6 is 69.6 Å². The highest BCUT2D eigenvalue weighted by Gasteiger charge is 2.42. The summed E-state index contributed by atoms with van der Waals surface area (Å²) in [5.41, 5.74) is 13.2. The third-order valence-electron chi connectivity index (χ3n) is 23.6. The van der Waals surface area contributed by atoms with Crippen molar-refractivity contribution in [1.29, 1.82) is 0 Å². The van der Waals surface area contributed by atoms with Gasteiger partial charge in [0, 0.05) is 209 Å². The van der Waals surface area contributed by atoms with E-state index in [9.17, 15) is 33.6 Å². The summed E-state index contributed by atoms with van der Waals surface area (Å²) in [7, 11) is 6.18. The molecule has 1 aliphatic carbocycles. The van der Waals surface area contributed by atoms with E-state index >= 15 is 0 Å². The first-order chi connectivity index (χ1) is 58.6. The number of halogens is 6. The van der Waals surface area contributed by atoms with Gasteiger partial charge in [0.05, 0.1) is 104 Å². The molecule has 0 saturated carbocycles. The molecule has 0 aromatic heterocycles. The fourth-order valence-corrected chi connectivity index (χ4v) is 19.0. The van der Waals surface area contributed by atoms with Crippen LogP contribution in [-0.2, 0) is 85.1 Å². The number of allylic oxidation sites excluding steroid dienone is 1. The van der Waals surface area contributed by atoms with Crippen LogP contribution in [0.15, 0.2) is 108 Å². The SMILES string of the molecule is CN1Cc2c(Cl)cc(Cl)cc2C(C2=CC3C(=O)N(CCOCCOCCNC(=O)C/C(=C\CC(=O)NCCOCCOCCN4Cc5ccc(C6CN(C)Cc7c(Cl)cc(Cl)cc76)cc5C4=O)C(CCC(=O)NCCOCCOCCN4Cc5ccc(C6CN(C)Cc7c(Cl)cc(Cl)cc76)cc5C4=O)NC(=O)NCCN4CCOCC4)CC3C=C2)C1. The summed E-state index contributed by atoms with van der Waals surface area (Å²) in [6.07, 6.45) is 7.67. The van der Waals surface area contributed by atoms with Crippen LogP contribution in [0.25, 0.3) is 0 Å². The Labute approximate surface area is 738 Å². The standard InChI is InChI=1S/C89H110Cl6N12O14/c1-101-51-73(70-42-64(90)45-79(93)76(70)54-101)57-4-7-61-48-105(86(111)67(61)38-57)21-29-119-35-32-115-24-15-96-83(108)12-10-60(41-85(110)98-17-26-117-34-37-121-31-23-107-50-63-9-6-59(40-69(63)88(107)113)75-53-103(3)56-78-72(75)44-66(92)47-81(78)95)82(100-89(114)99-14-18-104-19-27-118-28-20-104)11-13-84(109)97-16-25-116-33-36-120-30-22-106-49-62-8-5-58(39-68(62)87(106)112)74-52-102(2)55-77-71(74)43-65(91)46-80(77)94/h4-10,38-40,42-47,63,69,73-75,82H,11-37,41,48-56H2,1-3H3,(H,96,108)(H,97,109)(H,98,110)(H2,99,100,114)/b60-10+. The van der Waals surface area contributed by atoms with Crippen LogP contribution in [0, 0.1) is 11.8 Å². The maximum absolute atomic E-state index is 14.0. The summed E-state index contributed by atoms with van der Waals surface area (Å²) in [4.78, 5) is 111. The molecule has 32 heteroatoms. The topological polar surface area (TPSA) is 267 Å². The quantitative estimate of drug-likeness (QED) is 0.0180. The van der Waals surface area contributed by atoms with Crippen molar-refractivity contribution in [3.63, 3.8) is 0 Å². The largest absolute Gasteiger partial charge is 0.379 e. The molecule has 13 rings (SSSR count). The second-order valence-corrected chi connectivity index (χ2v) is 34.8. The average molecular weight is 1780 g/mol. The summed E-state index contributed by atoms with van der Waals surface area (Å²) in [5, 5.41) is 18.3. The zero-order chi connectivity index (χ0) is 85.1. The number of fused-ring (bicyclic) bond motifs is 6. The zero-order valence-corrected chi connectivity index (χ0v) is 73.5. The van der Waals surface area contributed by atoms with Crippen LogP contribution < -0.4 is 26.6 Å². The van der Waals surface area contributed by atoms with Crippen molar-refractivity contribution >= 4 is 111 Å². The van der Waals surface area contributed by atoms with Gasteiger partial charge in [-0.25, -0.2) is 4.79 Å². The summed E-state index contributed by atoms with van der Waals surface area (Å²) in [6.45, 7) is 14.2. The summed E-state index contributed by atoms with van der Waals surface area (Å²) in [6, 6.07) is 22.2. The molecule has 8 amide bonds. The number of ether oxygens (including phenoxy) is 7. The lowest BCUT2D eigenvalue weighted by Gasteiger charge is -2.35. The van der Waals surface area contributed by atoms with E-state index in [-0.39, 0.29) is 164 Å². The highest BCUT2D eigenvalue weighted by atomic mass is 35.5. The summed E-state index contributed by atoms with van der Waals surface area (Å²) in [5.74, 6) is -1.29. The number of carbonyl (C=O) groups excluding carboxylic acids is 7. The number of rotatable bonds is 42. The van der Waals surface area contributed by atoms with Crippen molar-refractivity contribution in [2.45, 2.75) is 82.2 Å². The molecule has 0 spiro atoms. The molecule has 652 valence electrons. The lowest BCUT2D eigenvalue weighted by atomic mass is 9.78. The van der Waals surface area contributed by atoms with Gasteiger partial charge >= 0.3 is 6.03 Å². The molecule has 7 heterocycles. The van der Waals surface area contributed by atoms with Crippen LogP contribution in [0.4, 0.5) is 4.79 Å². The molecule has 0 bridgehead atoms. The molecule has 0 radical (unpaired) electrons. The van der Waals surface area contributed by atoms with Gasteiger partial charge in [0.2, 0.25) is 23.6 Å². The number of likely N-dealkylation sites (tertiary alicyclic amines) is 1. The number of benzene rings is 5. The fraction of sp³-hybridized carbons (Fsp3) is 0.517. The minimum Gasteiger partial charge on any atom is -0.379 e. The number of hydrogen-bond donors (Lipinski definition) is 5. The third-order valence-corrected chi connectivity index (χ3v) is 25.3. The third kappa shape index (κ3) is 24.9. The van der Waals surface area contributed by atoms with Crippen molar-refractivity contribution < 1.29 is 66.7 Å². The monoisotopic (exact) mass is 1780 g/mol. The van der Waals surface area contributed by atoms with Crippen LogP contribution in [0.2, 0.25) is 30.1 Å². The molecular weight excluding hydrogens is 1670 g/mol. The van der Waals surface area contributed by atoms with E-state index < -0.39 is 18.0 Å². The van der Waals surface area contributed by atoms with Gasteiger partial charge in [-0.2, -0.15) is 0 Å². The second kappa shape index (κ2) is 44.5. The number of amides is 8. The molecule has 8 aliphatic rings. The van der Waals surface area contributed by atoms with Crippen molar-refractivity contribution in [3.05, 3.63) is 205 Å². The second-order valence-electron chi connectivity index (χ2n) is 32.2. The highest BCUT2D eigenvalue weighted by molar-refractivity contribution is 6.36. The lowest BCUT2D eigenvalue weighted by molar-refractivity contribution is -0.130. The number of hydrogen-bond acceptors (Lipinski definition) is 18.